The molecular weight excluding hydrogens is 418 g/mol. The lowest BCUT2D eigenvalue weighted by Gasteiger charge is -2.24. The van der Waals surface area contributed by atoms with Crippen LogP contribution in [0.15, 0.2) is 29.2 Å². The Kier molecular flexibility index (Phi) is 7.18. The van der Waals surface area contributed by atoms with Crippen LogP contribution in [0, 0.1) is 11.8 Å². The summed E-state index contributed by atoms with van der Waals surface area (Å²) in [5.41, 5.74) is 6.38. The average Bonchev–Trinajstić information content (AvgIpc) is 2.75. The van der Waals surface area contributed by atoms with E-state index in [0.29, 0.717) is 23.9 Å². The summed E-state index contributed by atoms with van der Waals surface area (Å²) in [7, 11) is 0. The minimum absolute atomic E-state index is 0.0187. The summed E-state index contributed by atoms with van der Waals surface area (Å²) in [6, 6.07) is 0.526. The molecule has 0 fully saturated rings. The Labute approximate surface area is 182 Å². The van der Waals surface area contributed by atoms with Gasteiger partial charge < -0.3 is 21.3 Å². The average molecular weight is 443 g/mol. The van der Waals surface area contributed by atoms with Crippen molar-refractivity contribution in [2.45, 2.75) is 44.6 Å². The quantitative estimate of drug-likeness (QED) is 0.350. The summed E-state index contributed by atoms with van der Waals surface area (Å²) in [4.78, 5) is 57.0. The SMILES string of the molecule is Nc1nc2ncc(CCC3C=CC(C(=O)N[C@@H](CCC(=O)O)C(=O)O)CC3)cc2c(=O)[nH]1. The molecule has 0 saturated heterocycles. The highest BCUT2D eigenvalue weighted by atomic mass is 16.4. The van der Waals surface area contributed by atoms with E-state index in [1.165, 1.54) is 0 Å². The van der Waals surface area contributed by atoms with Gasteiger partial charge in [-0.1, -0.05) is 12.2 Å². The van der Waals surface area contributed by atoms with Crippen molar-refractivity contribution in [3.63, 3.8) is 0 Å². The fourth-order valence-corrected chi connectivity index (χ4v) is 3.71. The van der Waals surface area contributed by atoms with Crippen molar-refractivity contribution >= 4 is 34.8 Å². The highest BCUT2D eigenvalue weighted by Gasteiger charge is 2.26. The maximum atomic E-state index is 12.4. The number of fused-ring (bicyclic) bond motifs is 1. The van der Waals surface area contributed by atoms with Gasteiger partial charge in [-0.05, 0) is 49.7 Å². The number of anilines is 1. The topological polar surface area (TPSA) is 188 Å². The number of aryl methyl sites for hydroxylation is 1. The van der Waals surface area contributed by atoms with E-state index in [1.54, 1.807) is 18.3 Å². The number of aliphatic carboxylic acids is 2. The van der Waals surface area contributed by atoms with Crippen LogP contribution in [0.25, 0.3) is 11.0 Å². The smallest absolute Gasteiger partial charge is 0.326 e. The molecule has 1 aliphatic carbocycles. The van der Waals surface area contributed by atoms with Crippen LogP contribution in [0.1, 0.15) is 37.7 Å². The number of carboxylic acids is 2. The molecule has 3 rings (SSSR count). The van der Waals surface area contributed by atoms with Crippen LogP contribution >= 0.6 is 0 Å². The van der Waals surface area contributed by atoms with E-state index in [9.17, 15) is 24.3 Å². The number of carboxylic acid groups (broad SMARTS) is 2. The molecule has 0 bridgehead atoms. The Hall–Kier alpha value is -3.76. The van der Waals surface area contributed by atoms with Crippen molar-refractivity contribution in [3.8, 4) is 0 Å². The molecule has 2 heterocycles. The molecule has 6 N–H and O–H groups in total. The number of allylic oxidation sites excluding steroid dienone is 1. The molecule has 2 aromatic rings. The normalized spacial score (nSPS) is 18.9. The highest BCUT2D eigenvalue weighted by molar-refractivity contribution is 5.86. The van der Waals surface area contributed by atoms with Crippen LogP contribution in [0.4, 0.5) is 5.95 Å². The number of amides is 1. The molecule has 0 aromatic carbocycles. The van der Waals surface area contributed by atoms with Gasteiger partial charge in [-0.25, -0.2) is 9.78 Å². The molecule has 0 spiro atoms. The van der Waals surface area contributed by atoms with Crippen LogP contribution in [0.5, 0.6) is 0 Å². The number of H-pyrrole nitrogens is 1. The lowest BCUT2D eigenvalue weighted by molar-refractivity contribution is -0.143. The summed E-state index contributed by atoms with van der Waals surface area (Å²) in [6.45, 7) is 0. The number of nitrogens with one attached hydrogen (secondary N) is 2. The van der Waals surface area contributed by atoms with Crippen LogP contribution in [0.3, 0.4) is 0 Å². The van der Waals surface area contributed by atoms with Gasteiger partial charge in [-0.3, -0.25) is 19.4 Å². The first-order valence-corrected chi connectivity index (χ1v) is 10.3. The van der Waals surface area contributed by atoms with Gasteiger partial charge in [0.1, 0.15) is 6.04 Å². The predicted octanol–water partition coefficient (Wildman–Crippen LogP) is 0.850. The maximum absolute atomic E-state index is 12.4. The first-order valence-electron chi connectivity index (χ1n) is 10.3. The molecule has 0 radical (unpaired) electrons. The number of hydrogen-bond donors (Lipinski definition) is 5. The van der Waals surface area contributed by atoms with Crippen LogP contribution in [-0.2, 0) is 20.8 Å². The zero-order chi connectivity index (χ0) is 23.3. The molecule has 32 heavy (non-hydrogen) atoms. The van der Waals surface area contributed by atoms with E-state index in [-0.39, 0.29) is 30.3 Å². The van der Waals surface area contributed by atoms with Gasteiger partial charge in [-0.2, -0.15) is 4.98 Å². The van der Waals surface area contributed by atoms with Crippen LogP contribution in [-0.4, -0.2) is 49.1 Å². The first-order chi connectivity index (χ1) is 15.2. The Morgan fingerprint density at radius 1 is 1.25 bits per heavy atom. The minimum Gasteiger partial charge on any atom is -0.481 e. The van der Waals surface area contributed by atoms with Gasteiger partial charge >= 0.3 is 11.9 Å². The zero-order valence-electron chi connectivity index (χ0n) is 17.3. The Morgan fingerprint density at radius 2 is 2.03 bits per heavy atom. The molecule has 0 saturated carbocycles. The summed E-state index contributed by atoms with van der Waals surface area (Å²) >= 11 is 0. The second-order valence-corrected chi connectivity index (χ2v) is 7.87. The number of aromatic nitrogens is 3. The van der Waals surface area contributed by atoms with Crippen molar-refractivity contribution in [2.24, 2.45) is 11.8 Å². The molecule has 170 valence electrons. The molecule has 2 unspecified atom stereocenters. The summed E-state index contributed by atoms with van der Waals surface area (Å²) < 4.78 is 0. The number of nitrogen functional groups attached to an aromatic ring is 1. The minimum atomic E-state index is -1.25. The third-order valence-corrected chi connectivity index (χ3v) is 5.50. The van der Waals surface area contributed by atoms with Crippen LogP contribution < -0.4 is 16.6 Å². The molecule has 11 heteroatoms. The van der Waals surface area contributed by atoms with E-state index >= 15 is 0 Å². The second-order valence-electron chi connectivity index (χ2n) is 7.87. The second kappa shape index (κ2) is 10.0. The Morgan fingerprint density at radius 3 is 2.69 bits per heavy atom. The standard InChI is InChI=1S/C21H25N5O6/c22-21-25-17-14(19(30)26-21)9-12(10-23-17)2-1-11-3-5-13(6-4-11)18(29)24-15(20(31)32)7-8-16(27)28/h3,5,9-11,13,15H,1-2,4,6-8H2,(H,24,29)(H,27,28)(H,31,32)(H3,22,23,25,26,30)/t11?,13?,15-/m0/s1. The molecule has 3 atom stereocenters. The lowest BCUT2D eigenvalue weighted by atomic mass is 9.85. The van der Waals surface area contributed by atoms with E-state index in [2.05, 4.69) is 20.3 Å². The molecule has 0 aliphatic heterocycles. The number of hydrogen-bond acceptors (Lipinski definition) is 7. The number of carbonyl (C=O) groups is 3. The number of carbonyl (C=O) groups excluding carboxylic acids is 1. The highest BCUT2D eigenvalue weighted by Crippen LogP contribution is 2.26. The van der Waals surface area contributed by atoms with E-state index in [0.717, 1.165) is 18.4 Å². The maximum Gasteiger partial charge on any atom is 0.326 e. The van der Waals surface area contributed by atoms with Gasteiger partial charge in [-0.15, -0.1) is 0 Å². The molecule has 1 aliphatic rings. The Bertz CT molecular complexity index is 1110. The van der Waals surface area contributed by atoms with Gasteiger partial charge in [0.2, 0.25) is 11.9 Å². The zero-order valence-corrected chi connectivity index (χ0v) is 17.3. The molecule has 2 aromatic heterocycles. The number of nitrogens with zero attached hydrogens (tertiary/aromatic N) is 2. The van der Waals surface area contributed by atoms with Crippen molar-refractivity contribution < 1.29 is 24.6 Å². The number of aromatic amines is 1. The van der Waals surface area contributed by atoms with Crippen LogP contribution in [0.2, 0.25) is 0 Å². The largest absolute Gasteiger partial charge is 0.481 e. The van der Waals surface area contributed by atoms with Crippen molar-refractivity contribution in [1.82, 2.24) is 20.3 Å². The number of rotatable bonds is 9. The predicted molar refractivity (Wildman–Crippen MR) is 115 cm³/mol. The molecular formula is C21H25N5O6. The summed E-state index contributed by atoms with van der Waals surface area (Å²) in [5, 5.41) is 20.7. The van der Waals surface area contributed by atoms with Gasteiger partial charge in [0.05, 0.1) is 11.3 Å². The number of pyridine rings is 1. The van der Waals surface area contributed by atoms with E-state index < -0.39 is 29.8 Å². The number of nitrogens with two attached hydrogens (primary N) is 1. The summed E-state index contributed by atoms with van der Waals surface area (Å²) in [5.74, 6) is -2.97. The van der Waals surface area contributed by atoms with Crippen molar-refractivity contribution in [2.75, 3.05) is 5.73 Å². The monoisotopic (exact) mass is 443 g/mol. The Balaban J connectivity index is 1.54. The molecule has 1 amide bonds. The van der Waals surface area contributed by atoms with Crippen molar-refractivity contribution in [3.05, 3.63) is 40.3 Å². The fourth-order valence-electron chi connectivity index (χ4n) is 3.71. The van der Waals surface area contributed by atoms with E-state index in [4.69, 9.17) is 10.8 Å². The van der Waals surface area contributed by atoms with Gasteiger partial charge in [0, 0.05) is 12.6 Å². The van der Waals surface area contributed by atoms with Crippen molar-refractivity contribution in [1.29, 1.82) is 0 Å². The first kappa shape index (κ1) is 22.9. The van der Waals surface area contributed by atoms with Gasteiger partial charge in [0.25, 0.3) is 5.56 Å². The van der Waals surface area contributed by atoms with E-state index in [1.807, 2.05) is 6.08 Å². The molecule has 11 nitrogen and oxygen atoms in total. The summed E-state index contributed by atoms with van der Waals surface area (Å²) in [6.07, 6.45) is 7.70. The lowest BCUT2D eigenvalue weighted by Crippen LogP contribution is -2.44. The van der Waals surface area contributed by atoms with Gasteiger partial charge in [0.15, 0.2) is 5.65 Å². The fraction of sp³-hybridized carbons (Fsp3) is 0.429. The third kappa shape index (κ3) is 5.90. The third-order valence-electron chi connectivity index (χ3n) is 5.50.